The van der Waals surface area contributed by atoms with E-state index in [1.165, 1.54) is 45.3 Å². The van der Waals surface area contributed by atoms with E-state index in [1.54, 1.807) is 0 Å². The molecule has 0 amide bonds. The van der Waals surface area contributed by atoms with Gasteiger partial charge in [-0.05, 0) is 37.6 Å². The molecule has 1 fully saturated rings. The molecule has 13 heavy (non-hydrogen) atoms. The average molecular weight is 179 g/mol. The zero-order chi connectivity index (χ0) is 9.10. The maximum absolute atomic E-state index is 2.67. The van der Waals surface area contributed by atoms with E-state index in [9.17, 15) is 0 Å². The van der Waals surface area contributed by atoms with Gasteiger partial charge in [0.25, 0.3) is 0 Å². The van der Waals surface area contributed by atoms with Crippen molar-refractivity contribution < 1.29 is 0 Å². The standard InChI is InChI=1S/C12H21N/c1-2-3-8-13-9-11-6-4-5-7-12(11)10-13/h4-5,11-12H,2-3,6-10H2,1H3. The van der Waals surface area contributed by atoms with Crippen LogP contribution in [0, 0.1) is 11.8 Å². The van der Waals surface area contributed by atoms with Crippen molar-refractivity contribution in [2.45, 2.75) is 32.6 Å². The summed E-state index contributed by atoms with van der Waals surface area (Å²) in [6.07, 6.45) is 10.2. The first kappa shape index (κ1) is 9.26. The fourth-order valence-corrected chi connectivity index (χ4v) is 2.68. The molecular weight excluding hydrogens is 158 g/mol. The molecule has 1 heteroatoms. The average Bonchev–Trinajstić information content (AvgIpc) is 2.57. The molecule has 1 nitrogen and oxygen atoms in total. The highest BCUT2D eigenvalue weighted by Gasteiger charge is 2.31. The van der Waals surface area contributed by atoms with Crippen molar-refractivity contribution in [1.29, 1.82) is 0 Å². The number of fused-ring (bicyclic) bond motifs is 1. The summed E-state index contributed by atoms with van der Waals surface area (Å²) in [6.45, 7) is 6.36. The number of unbranched alkanes of at least 4 members (excludes halogenated alkanes) is 1. The molecule has 1 saturated heterocycles. The molecule has 0 aromatic carbocycles. The van der Waals surface area contributed by atoms with Crippen LogP contribution in [-0.4, -0.2) is 24.5 Å². The lowest BCUT2D eigenvalue weighted by molar-refractivity contribution is 0.316. The Kier molecular flexibility index (Phi) is 3.05. The molecule has 0 saturated carbocycles. The van der Waals surface area contributed by atoms with Gasteiger partial charge in [0, 0.05) is 13.1 Å². The van der Waals surface area contributed by atoms with E-state index in [2.05, 4.69) is 24.0 Å². The third-order valence-corrected chi connectivity index (χ3v) is 3.52. The Hall–Kier alpha value is -0.300. The first-order chi connectivity index (χ1) is 6.40. The van der Waals surface area contributed by atoms with Crippen molar-refractivity contribution in [3.63, 3.8) is 0 Å². The zero-order valence-electron chi connectivity index (χ0n) is 8.71. The Bertz CT molecular complexity index is 170. The lowest BCUT2D eigenvalue weighted by atomic mass is 9.86. The quantitative estimate of drug-likeness (QED) is 0.602. The SMILES string of the molecule is CCCCN1CC2CC=CCC2C1. The van der Waals surface area contributed by atoms with Crippen LogP contribution < -0.4 is 0 Å². The summed E-state index contributed by atoms with van der Waals surface area (Å²) in [5.41, 5.74) is 0. The molecular formula is C12H21N. The predicted octanol–water partition coefficient (Wildman–Crippen LogP) is 2.68. The third kappa shape index (κ3) is 2.14. The predicted molar refractivity (Wildman–Crippen MR) is 56.7 cm³/mol. The van der Waals surface area contributed by atoms with Gasteiger partial charge in [-0.3, -0.25) is 0 Å². The second-order valence-corrected chi connectivity index (χ2v) is 4.58. The highest BCUT2D eigenvalue weighted by molar-refractivity contribution is 4.99. The Morgan fingerprint density at radius 3 is 2.31 bits per heavy atom. The highest BCUT2D eigenvalue weighted by atomic mass is 15.1. The van der Waals surface area contributed by atoms with Gasteiger partial charge in [0.2, 0.25) is 0 Å². The Morgan fingerprint density at radius 2 is 1.77 bits per heavy atom. The van der Waals surface area contributed by atoms with Crippen molar-refractivity contribution >= 4 is 0 Å². The maximum Gasteiger partial charge on any atom is 0.00160 e. The second-order valence-electron chi connectivity index (χ2n) is 4.58. The van der Waals surface area contributed by atoms with Crippen LogP contribution in [0.4, 0.5) is 0 Å². The Labute approximate surface area is 81.8 Å². The number of rotatable bonds is 3. The van der Waals surface area contributed by atoms with Gasteiger partial charge in [-0.15, -0.1) is 0 Å². The maximum atomic E-state index is 2.67. The van der Waals surface area contributed by atoms with Crippen LogP contribution in [0.3, 0.4) is 0 Å². The van der Waals surface area contributed by atoms with E-state index < -0.39 is 0 Å². The molecule has 74 valence electrons. The van der Waals surface area contributed by atoms with Crippen molar-refractivity contribution in [1.82, 2.24) is 4.90 Å². The van der Waals surface area contributed by atoms with E-state index in [-0.39, 0.29) is 0 Å². The summed E-state index contributed by atoms with van der Waals surface area (Å²) in [5.74, 6) is 1.98. The van der Waals surface area contributed by atoms with Gasteiger partial charge in [0.05, 0.1) is 0 Å². The lowest BCUT2D eigenvalue weighted by Crippen LogP contribution is -2.21. The molecule has 0 N–H and O–H groups in total. The van der Waals surface area contributed by atoms with Crippen LogP contribution in [0.15, 0.2) is 12.2 Å². The van der Waals surface area contributed by atoms with Crippen LogP contribution in [0.2, 0.25) is 0 Å². The van der Waals surface area contributed by atoms with Crippen LogP contribution in [0.5, 0.6) is 0 Å². The molecule has 1 aliphatic carbocycles. The highest BCUT2D eigenvalue weighted by Crippen LogP contribution is 2.32. The number of hydrogen-bond acceptors (Lipinski definition) is 1. The second kappa shape index (κ2) is 4.28. The van der Waals surface area contributed by atoms with Gasteiger partial charge >= 0.3 is 0 Å². The van der Waals surface area contributed by atoms with Crippen molar-refractivity contribution in [2.24, 2.45) is 11.8 Å². The topological polar surface area (TPSA) is 3.24 Å². The van der Waals surface area contributed by atoms with Gasteiger partial charge in [-0.2, -0.15) is 0 Å². The molecule has 0 radical (unpaired) electrons. The molecule has 2 aliphatic rings. The number of nitrogens with zero attached hydrogens (tertiary/aromatic N) is 1. The van der Waals surface area contributed by atoms with Crippen LogP contribution in [-0.2, 0) is 0 Å². The van der Waals surface area contributed by atoms with Crippen molar-refractivity contribution in [3.8, 4) is 0 Å². The third-order valence-electron chi connectivity index (χ3n) is 3.52. The molecule has 2 atom stereocenters. The summed E-state index contributed by atoms with van der Waals surface area (Å²) >= 11 is 0. The molecule has 0 bridgehead atoms. The Morgan fingerprint density at radius 1 is 1.15 bits per heavy atom. The van der Waals surface area contributed by atoms with Crippen molar-refractivity contribution in [3.05, 3.63) is 12.2 Å². The van der Waals surface area contributed by atoms with E-state index in [0.717, 1.165) is 11.8 Å². The zero-order valence-corrected chi connectivity index (χ0v) is 8.71. The molecule has 2 rings (SSSR count). The van der Waals surface area contributed by atoms with Gasteiger partial charge in [0.15, 0.2) is 0 Å². The molecule has 1 aliphatic heterocycles. The minimum absolute atomic E-state index is 0.988. The molecule has 2 unspecified atom stereocenters. The summed E-state index contributed by atoms with van der Waals surface area (Å²) in [4.78, 5) is 2.67. The van der Waals surface area contributed by atoms with Gasteiger partial charge in [-0.1, -0.05) is 25.5 Å². The summed E-state index contributed by atoms with van der Waals surface area (Å²) < 4.78 is 0. The van der Waals surface area contributed by atoms with E-state index >= 15 is 0 Å². The van der Waals surface area contributed by atoms with E-state index in [0.29, 0.717) is 0 Å². The van der Waals surface area contributed by atoms with Gasteiger partial charge < -0.3 is 4.90 Å². The summed E-state index contributed by atoms with van der Waals surface area (Å²) in [5, 5.41) is 0. The molecule has 0 spiro atoms. The first-order valence-electron chi connectivity index (χ1n) is 5.77. The molecule has 1 heterocycles. The largest absolute Gasteiger partial charge is 0.303 e. The van der Waals surface area contributed by atoms with Crippen LogP contribution >= 0.6 is 0 Å². The normalized spacial score (nSPS) is 33.6. The van der Waals surface area contributed by atoms with Crippen LogP contribution in [0.1, 0.15) is 32.6 Å². The Balaban J connectivity index is 1.80. The summed E-state index contributed by atoms with van der Waals surface area (Å²) in [7, 11) is 0. The van der Waals surface area contributed by atoms with Gasteiger partial charge in [0.1, 0.15) is 0 Å². The van der Waals surface area contributed by atoms with Crippen molar-refractivity contribution in [2.75, 3.05) is 19.6 Å². The fraction of sp³-hybridized carbons (Fsp3) is 0.833. The monoisotopic (exact) mass is 179 g/mol. The number of allylic oxidation sites excluding steroid dienone is 2. The van der Waals surface area contributed by atoms with E-state index in [1.807, 2.05) is 0 Å². The number of hydrogen-bond donors (Lipinski definition) is 0. The molecule has 0 aromatic rings. The number of likely N-dealkylation sites (tertiary alicyclic amines) is 1. The fourth-order valence-electron chi connectivity index (χ4n) is 2.68. The first-order valence-corrected chi connectivity index (χ1v) is 5.77. The molecule has 0 aromatic heterocycles. The van der Waals surface area contributed by atoms with Crippen LogP contribution in [0.25, 0.3) is 0 Å². The minimum atomic E-state index is 0.988. The lowest BCUT2D eigenvalue weighted by Gasteiger charge is -2.18. The summed E-state index contributed by atoms with van der Waals surface area (Å²) in [6, 6.07) is 0. The van der Waals surface area contributed by atoms with Gasteiger partial charge in [-0.25, -0.2) is 0 Å². The van der Waals surface area contributed by atoms with E-state index in [4.69, 9.17) is 0 Å². The smallest absolute Gasteiger partial charge is 0.00160 e. The minimum Gasteiger partial charge on any atom is -0.303 e.